The Bertz CT molecular complexity index is 1230. The molecule has 0 radical (unpaired) electrons. The van der Waals surface area contributed by atoms with Crippen LogP contribution in [0.5, 0.6) is 5.75 Å². The maximum absolute atomic E-state index is 12.0. The van der Waals surface area contributed by atoms with E-state index in [2.05, 4.69) is 15.6 Å². The van der Waals surface area contributed by atoms with E-state index in [4.69, 9.17) is 16.6 Å². The van der Waals surface area contributed by atoms with E-state index in [-0.39, 0.29) is 16.8 Å². The molecular weight excluding hydrogens is 418 g/mol. The number of hydrogen-bond acceptors (Lipinski definition) is 6. The number of anilines is 1. The summed E-state index contributed by atoms with van der Waals surface area (Å²) in [5.74, 6) is 0.348. The van der Waals surface area contributed by atoms with E-state index in [9.17, 15) is 9.90 Å². The molecule has 2 heterocycles. The zero-order valence-electron chi connectivity index (χ0n) is 15.9. The number of carbonyl (C=O) groups excluding carboxylic acids is 1. The first-order chi connectivity index (χ1) is 14.5. The van der Waals surface area contributed by atoms with Gasteiger partial charge in [-0.3, -0.25) is 10.1 Å². The number of thiazole rings is 1. The van der Waals surface area contributed by atoms with Gasteiger partial charge in [-0.1, -0.05) is 12.1 Å². The number of aromatic nitrogens is 1. The molecule has 2 aromatic carbocycles. The van der Waals surface area contributed by atoms with Crippen LogP contribution in [0.1, 0.15) is 11.3 Å². The summed E-state index contributed by atoms with van der Waals surface area (Å²) in [6.45, 7) is 1.80. The van der Waals surface area contributed by atoms with Gasteiger partial charge in [-0.15, -0.1) is 11.3 Å². The molecule has 8 heteroatoms. The molecule has 150 valence electrons. The van der Waals surface area contributed by atoms with Crippen LogP contribution in [0.3, 0.4) is 0 Å². The lowest BCUT2D eigenvalue weighted by Crippen LogP contribution is -2.32. The number of phenolic OH excluding ortho intramolecular Hbond substituents is 1. The van der Waals surface area contributed by atoms with Crippen molar-refractivity contribution in [2.75, 3.05) is 5.32 Å². The number of nitrogens with zero attached hydrogens (tertiary/aromatic N) is 1. The van der Waals surface area contributed by atoms with Crippen molar-refractivity contribution in [3.05, 3.63) is 72.2 Å². The highest BCUT2D eigenvalue weighted by Gasteiger charge is 2.14. The third-order valence-corrected chi connectivity index (χ3v) is 5.54. The first-order valence-corrected chi connectivity index (χ1v) is 10.2. The van der Waals surface area contributed by atoms with Crippen molar-refractivity contribution in [3.63, 3.8) is 0 Å². The molecule has 1 amide bonds. The molecule has 0 aliphatic rings. The van der Waals surface area contributed by atoms with Crippen molar-refractivity contribution in [1.82, 2.24) is 10.3 Å². The summed E-state index contributed by atoms with van der Waals surface area (Å²) in [5.41, 5.74) is 2.78. The molecule has 6 nitrogen and oxygen atoms in total. The van der Waals surface area contributed by atoms with Crippen molar-refractivity contribution in [2.45, 2.75) is 6.92 Å². The molecule has 0 atom stereocenters. The second-order valence-electron chi connectivity index (χ2n) is 6.47. The van der Waals surface area contributed by atoms with Crippen LogP contribution in [0, 0.1) is 6.92 Å². The first kappa shape index (κ1) is 19.8. The van der Waals surface area contributed by atoms with E-state index in [1.165, 1.54) is 23.7 Å². The van der Waals surface area contributed by atoms with E-state index in [1.54, 1.807) is 37.3 Å². The van der Waals surface area contributed by atoms with E-state index >= 15 is 0 Å². The highest BCUT2D eigenvalue weighted by molar-refractivity contribution is 7.80. The third kappa shape index (κ3) is 4.40. The first-order valence-electron chi connectivity index (χ1n) is 9.03. The van der Waals surface area contributed by atoms with Gasteiger partial charge in [-0.25, -0.2) is 4.98 Å². The maximum Gasteiger partial charge on any atom is 0.250 e. The van der Waals surface area contributed by atoms with Crippen molar-refractivity contribution in [3.8, 4) is 16.3 Å². The monoisotopic (exact) mass is 435 g/mol. The van der Waals surface area contributed by atoms with Crippen LogP contribution in [0.2, 0.25) is 0 Å². The smallest absolute Gasteiger partial charge is 0.250 e. The van der Waals surface area contributed by atoms with Gasteiger partial charge in [0, 0.05) is 11.8 Å². The third-order valence-electron chi connectivity index (χ3n) is 4.26. The van der Waals surface area contributed by atoms with Crippen LogP contribution < -0.4 is 10.6 Å². The van der Waals surface area contributed by atoms with Crippen LogP contribution in [-0.4, -0.2) is 21.1 Å². The van der Waals surface area contributed by atoms with Crippen molar-refractivity contribution < 1.29 is 14.3 Å². The summed E-state index contributed by atoms with van der Waals surface area (Å²) in [7, 11) is 0. The number of amides is 1. The molecule has 0 aliphatic carbocycles. The normalized spacial score (nSPS) is 11.1. The van der Waals surface area contributed by atoms with E-state index in [0.717, 1.165) is 10.2 Å². The minimum Gasteiger partial charge on any atom is -0.507 e. The number of aromatic hydroxyl groups is 1. The molecule has 2 aromatic heterocycles. The molecule has 4 rings (SSSR count). The summed E-state index contributed by atoms with van der Waals surface area (Å²) in [6.07, 6.45) is 4.41. The molecule has 0 saturated carbocycles. The Balaban J connectivity index is 1.51. The minimum absolute atomic E-state index is 0.143. The lowest BCUT2D eigenvalue weighted by atomic mass is 10.1. The fourth-order valence-corrected chi connectivity index (χ4v) is 4.06. The van der Waals surface area contributed by atoms with Gasteiger partial charge in [0.1, 0.15) is 16.5 Å². The van der Waals surface area contributed by atoms with Gasteiger partial charge in [0.15, 0.2) is 5.11 Å². The Morgan fingerprint density at radius 3 is 2.83 bits per heavy atom. The molecular formula is C22H17N3O3S2. The Morgan fingerprint density at radius 2 is 2.07 bits per heavy atom. The number of rotatable bonds is 4. The SMILES string of the molecule is Cc1cc(NC(=S)NC(=O)C=Cc2ccco2)cc(-c2nc3ccccc3s2)c1O. The highest BCUT2D eigenvalue weighted by Crippen LogP contribution is 2.38. The quantitative estimate of drug-likeness (QED) is 0.235. The number of fused-ring (bicyclic) bond motifs is 1. The van der Waals surface area contributed by atoms with E-state index < -0.39 is 0 Å². The number of benzene rings is 2. The van der Waals surface area contributed by atoms with E-state index in [1.807, 2.05) is 24.3 Å². The zero-order valence-corrected chi connectivity index (χ0v) is 17.5. The largest absolute Gasteiger partial charge is 0.507 e. The van der Waals surface area contributed by atoms with E-state index in [0.29, 0.717) is 27.6 Å². The average molecular weight is 436 g/mol. The number of aryl methyl sites for hydroxylation is 1. The number of hydrogen-bond donors (Lipinski definition) is 3. The molecule has 0 aliphatic heterocycles. The van der Waals surface area contributed by atoms with Crippen molar-refractivity contribution in [1.29, 1.82) is 0 Å². The topological polar surface area (TPSA) is 87.4 Å². The number of thiocarbonyl (C=S) groups is 1. The lowest BCUT2D eigenvalue weighted by Gasteiger charge is -2.12. The number of furan rings is 1. The summed E-state index contributed by atoms with van der Waals surface area (Å²) in [6, 6.07) is 14.8. The summed E-state index contributed by atoms with van der Waals surface area (Å²) in [4.78, 5) is 16.6. The van der Waals surface area contributed by atoms with Gasteiger partial charge in [0.25, 0.3) is 0 Å². The number of para-hydroxylation sites is 1. The Labute approximate surface area is 181 Å². The maximum atomic E-state index is 12.0. The van der Waals surface area contributed by atoms with Crippen LogP contribution in [0.4, 0.5) is 5.69 Å². The Kier molecular flexibility index (Phi) is 5.60. The van der Waals surface area contributed by atoms with Gasteiger partial charge in [-0.05, 0) is 67.2 Å². The predicted octanol–water partition coefficient (Wildman–Crippen LogP) is 5.10. The molecule has 3 N–H and O–H groups in total. The molecule has 0 fully saturated rings. The molecule has 0 spiro atoms. The fraction of sp³-hybridized carbons (Fsp3) is 0.0455. The number of carbonyl (C=O) groups is 1. The van der Waals surface area contributed by atoms with Crippen molar-refractivity contribution >= 4 is 56.6 Å². The van der Waals surface area contributed by atoms with Gasteiger partial charge >= 0.3 is 0 Å². The van der Waals surface area contributed by atoms with Gasteiger partial charge in [0.05, 0.1) is 22.0 Å². The minimum atomic E-state index is -0.384. The highest BCUT2D eigenvalue weighted by atomic mass is 32.1. The fourth-order valence-electron chi connectivity index (χ4n) is 2.86. The average Bonchev–Trinajstić information content (AvgIpc) is 3.38. The molecule has 0 saturated heterocycles. The standard InChI is InChI=1S/C22H17N3O3S2/c1-13-11-14(23-22(29)25-19(26)9-8-15-5-4-10-28-15)12-16(20(13)27)21-24-17-6-2-3-7-18(17)30-21/h2-12,27H,1H3,(H2,23,25,26,29). The Morgan fingerprint density at radius 1 is 1.23 bits per heavy atom. The van der Waals surface area contributed by atoms with Gasteiger partial charge in [-0.2, -0.15) is 0 Å². The summed E-state index contributed by atoms with van der Waals surface area (Å²) < 4.78 is 6.18. The van der Waals surface area contributed by atoms with Crippen LogP contribution in [-0.2, 0) is 4.79 Å². The van der Waals surface area contributed by atoms with Crippen LogP contribution in [0.15, 0.2) is 65.3 Å². The number of nitrogens with one attached hydrogen (secondary N) is 2. The van der Waals surface area contributed by atoms with Crippen molar-refractivity contribution in [2.24, 2.45) is 0 Å². The predicted molar refractivity (Wildman–Crippen MR) is 124 cm³/mol. The van der Waals surface area contributed by atoms with Gasteiger partial charge < -0.3 is 14.8 Å². The molecule has 0 bridgehead atoms. The lowest BCUT2D eigenvalue weighted by molar-refractivity contribution is -0.115. The second kappa shape index (κ2) is 8.48. The van der Waals surface area contributed by atoms with Crippen LogP contribution >= 0.6 is 23.6 Å². The summed E-state index contributed by atoms with van der Waals surface area (Å²) >= 11 is 6.74. The molecule has 4 aromatic rings. The zero-order chi connectivity index (χ0) is 21.1. The van der Waals surface area contributed by atoms with Gasteiger partial charge in [0.2, 0.25) is 5.91 Å². The summed E-state index contributed by atoms with van der Waals surface area (Å²) in [5, 5.41) is 17.0. The molecule has 30 heavy (non-hydrogen) atoms. The Hall–Kier alpha value is -3.49. The molecule has 0 unspecified atom stereocenters. The number of phenols is 1. The van der Waals surface area contributed by atoms with Crippen LogP contribution in [0.25, 0.3) is 26.9 Å². The second-order valence-corrected chi connectivity index (χ2v) is 7.91.